The molecule has 3 N–H and O–H groups in total. The SMILES string of the molecule is CC(=C\C1C=CC(O)C(O)C1)/C=C(\C)C(C)OC(=O)C1CCCCN1C(=O)CC1(O)OC(C)CCC1C. The summed E-state index contributed by atoms with van der Waals surface area (Å²) >= 11 is 0. The maximum atomic E-state index is 13.3. The van der Waals surface area contributed by atoms with Crippen LogP contribution in [0.4, 0.5) is 0 Å². The Bertz CT molecular complexity index is 912. The highest BCUT2D eigenvalue weighted by atomic mass is 16.6. The van der Waals surface area contributed by atoms with Crippen LogP contribution in [-0.4, -0.2) is 74.9 Å². The minimum absolute atomic E-state index is 0.0239. The van der Waals surface area contributed by atoms with Crippen molar-refractivity contribution in [2.75, 3.05) is 6.54 Å². The maximum absolute atomic E-state index is 13.3. The summed E-state index contributed by atoms with van der Waals surface area (Å²) in [4.78, 5) is 28.0. The molecule has 0 spiro atoms. The van der Waals surface area contributed by atoms with Crippen LogP contribution in [0.25, 0.3) is 0 Å². The van der Waals surface area contributed by atoms with Gasteiger partial charge in [0.05, 0.1) is 24.7 Å². The van der Waals surface area contributed by atoms with Crippen molar-refractivity contribution in [2.24, 2.45) is 11.8 Å². The molecule has 0 aromatic carbocycles. The second kappa shape index (κ2) is 12.7. The van der Waals surface area contributed by atoms with E-state index in [1.807, 2.05) is 52.8 Å². The van der Waals surface area contributed by atoms with E-state index < -0.39 is 36.1 Å². The highest BCUT2D eigenvalue weighted by molar-refractivity contribution is 5.85. The molecule has 8 heteroatoms. The predicted octanol–water partition coefficient (Wildman–Crippen LogP) is 3.40. The van der Waals surface area contributed by atoms with Crippen molar-refractivity contribution in [1.82, 2.24) is 4.90 Å². The summed E-state index contributed by atoms with van der Waals surface area (Å²) in [6.45, 7) is 9.91. The molecule has 8 unspecified atom stereocenters. The van der Waals surface area contributed by atoms with Crippen LogP contribution in [0.2, 0.25) is 0 Å². The number of likely N-dealkylation sites (tertiary alicyclic amines) is 1. The fourth-order valence-electron chi connectivity index (χ4n) is 5.46. The van der Waals surface area contributed by atoms with Crippen LogP contribution in [0.1, 0.15) is 79.6 Å². The molecule has 8 atom stereocenters. The van der Waals surface area contributed by atoms with E-state index in [0.29, 0.717) is 19.4 Å². The first-order valence-electron chi connectivity index (χ1n) is 13.7. The molecule has 37 heavy (non-hydrogen) atoms. The fraction of sp³-hybridized carbons (Fsp3) is 0.724. The zero-order chi connectivity index (χ0) is 27.3. The summed E-state index contributed by atoms with van der Waals surface area (Å²) in [5.41, 5.74) is 1.83. The summed E-state index contributed by atoms with van der Waals surface area (Å²) in [5, 5.41) is 30.6. The molecule has 0 radical (unpaired) electrons. The van der Waals surface area contributed by atoms with Gasteiger partial charge in [0.15, 0.2) is 5.79 Å². The number of nitrogens with zero attached hydrogens (tertiary/aromatic N) is 1. The van der Waals surface area contributed by atoms with Crippen molar-refractivity contribution in [3.8, 4) is 0 Å². The minimum atomic E-state index is -1.52. The number of ether oxygens (including phenoxy) is 2. The highest BCUT2D eigenvalue weighted by Crippen LogP contribution is 2.35. The van der Waals surface area contributed by atoms with Crippen molar-refractivity contribution in [3.63, 3.8) is 0 Å². The lowest BCUT2D eigenvalue weighted by Gasteiger charge is -2.42. The minimum Gasteiger partial charge on any atom is -0.457 e. The van der Waals surface area contributed by atoms with Crippen molar-refractivity contribution < 1.29 is 34.4 Å². The van der Waals surface area contributed by atoms with E-state index >= 15 is 0 Å². The average Bonchev–Trinajstić information content (AvgIpc) is 2.83. The Kier molecular flexibility index (Phi) is 10.1. The van der Waals surface area contributed by atoms with E-state index in [4.69, 9.17) is 9.47 Å². The molecule has 0 saturated carbocycles. The van der Waals surface area contributed by atoms with E-state index in [0.717, 1.165) is 36.8 Å². The van der Waals surface area contributed by atoms with Crippen LogP contribution in [0.15, 0.2) is 35.5 Å². The standard InChI is InChI=1S/C29H45NO7/c1-18(15-23-11-12-25(31)26(32)16-23)14-19(2)22(5)36-28(34)24-8-6-7-13-30(24)27(33)17-29(35)20(3)9-10-21(4)37-29/h11-12,14-15,20-26,31-32,35H,6-10,13,16-17H2,1-5H3/b18-15+,19-14+. The lowest BCUT2D eigenvalue weighted by molar-refractivity contribution is -0.277. The number of amides is 1. The molecule has 8 nitrogen and oxygen atoms in total. The van der Waals surface area contributed by atoms with Gasteiger partial charge in [-0.1, -0.05) is 36.8 Å². The van der Waals surface area contributed by atoms with Gasteiger partial charge in [-0.15, -0.1) is 0 Å². The Hall–Kier alpha value is -2.00. The van der Waals surface area contributed by atoms with Gasteiger partial charge in [0.2, 0.25) is 5.91 Å². The van der Waals surface area contributed by atoms with Gasteiger partial charge >= 0.3 is 5.97 Å². The van der Waals surface area contributed by atoms with Gasteiger partial charge in [-0.05, 0) is 77.7 Å². The van der Waals surface area contributed by atoms with E-state index in [9.17, 15) is 24.9 Å². The summed E-state index contributed by atoms with van der Waals surface area (Å²) in [7, 11) is 0. The first kappa shape index (κ1) is 29.6. The van der Waals surface area contributed by atoms with Crippen LogP contribution in [0.5, 0.6) is 0 Å². The number of aliphatic hydroxyl groups excluding tert-OH is 2. The maximum Gasteiger partial charge on any atom is 0.329 e. The van der Waals surface area contributed by atoms with Gasteiger partial charge in [-0.2, -0.15) is 0 Å². The summed E-state index contributed by atoms with van der Waals surface area (Å²) in [6, 6.07) is -0.673. The molecule has 2 fully saturated rings. The van der Waals surface area contributed by atoms with Crippen molar-refractivity contribution in [2.45, 2.75) is 116 Å². The van der Waals surface area contributed by atoms with Gasteiger partial charge < -0.3 is 29.7 Å². The van der Waals surface area contributed by atoms with Crippen LogP contribution >= 0.6 is 0 Å². The molecule has 1 amide bonds. The monoisotopic (exact) mass is 519 g/mol. The molecule has 0 bridgehead atoms. The smallest absolute Gasteiger partial charge is 0.329 e. The molecule has 2 heterocycles. The first-order chi connectivity index (χ1) is 17.4. The van der Waals surface area contributed by atoms with E-state index in [1.165, 1.54) is 0 Å². The number of carbonyl (C=O) groups excluding carboxylic acids is 2. The zero-order valence-corrected chi connectivity index (χ0v) is 22.9. The molecule has 2 saturated heterocycles. The Morgan fingerprint density at radius 2 is 1.89 bits per heavy atom. The van der Waals surface area contributed by atoms with Gasteiger partial charge in [-0.3, -0.25) is 4.79 Å². The molecule has 0 aromatic heterocycles. The molecular formula is C29H45NO7. The van der Waals surface area contributed by atoms with Crippen molar-refractivity contribution >= 4 is 11.9 Å². The highest BCUT2D eigenvalue weighted by Gasteiger charge is 2.44. The second-order valence-electron chi connectivity index (χ2n) is 11.2. The normalized spacial score (nSPS) is 36.3. The van der Waals surface area contributed by atoms with Gasteiger partial charge in [0.25, 0.3) is 0 Å². The van der Waals surface area contributed by atoms with Crippen LogP contribution in [-0.2, 0) is 19.1 Å². The third-order valence-corrected chi connectivity index (χ3v) is 8.01. The van der Waals surface area contributed by atoms with Crippen LogP contribution in [0, 0.1) is 11.8 Å². The lowest BCUT2D eigenvalue weighted by atomic mass is 9.87. The number of allylic oxidation sites excluding steroid dienone is 4. The number of carbonyl (C=O) groups is 2. The number of esters is 1. The van der Waals surface area contributed by atoms with Crippen LogP contribution in [0.3, 0.4) is 0 Å². The Morgan fingerprint density at radius 3 is 2.59 bits per heavy atom. The Balaban J connectivity index is 1.62. The van der Waals surface area contributed by atoms with Crippen LogP contribution < -0.4 is 0 Å². The molecule has 208 valence electrons. The molecule has 0 aromatic rings. The van der Waals surface area contributed by atoms with Crippen molar-refractivity contribution in [1.29, 1.82) is 0 Å². The first-order valence-corrected chi connectivity index (χ1v) is 13.7. The predicted molar refractivity (Wildman–Crippen MR) is 140 cm³/mol. The van der Waals surface area contributed by atoms with Gasteiger partial charge in [-0.25, -0.2) is 4.79 Å². The number of hydrogen-bond donors (Lipinski definition) is 3. The number of rotatable bonds is 7. The average molecular weight is 520 g/mol. The van der Waals surface area contributed by atoms with Gasteiger partial charge in [0, 0.05) is 12.5 Å². The number of aliphatic hydroxyl groups is 3. The quantitative estimate of drug-likeness (QED) is 0.268. The molecule has 2 aliphatic heterocycles. The Labute approximate surface area is 221 Å². The third-order valence-electron chi connectivity index (χ3n) is 8.01. The molecular weight excluding hydrogens is 474 g/mol. The summed E-state index contributed by atoms with van der Waals surface area (Å²) in [6.07, 6.45) is 9.37. The second-order valence-corrected chi connectivity index (χ2v) is 11.2. The van der Waals surface area contributed by atoms with E-state index in [1.54, 1.807) is 11.0 Å². The number of hydrogen-bond acceptors (Lipinski definition) is 7. The third kappa shape index (κ3) is 7.76. The van der Waals surface area contributed by atoms with E-state index in [2.05, 4.69) is 0 Å². The topological polar surface area (TPSA) is 117 Å². The van der Waals surface area contributed by atoms with Crippen molar-refractivity contribution in [3.05, 3.63) is 35.5 Å². The van der Waals surface area contributed by atoms with E-state index in [-0.39, 0.29) is 30.3 Å². The van der Waals surface area contributed by atoms with Gasteiger partial charge in [0.1, 0.15) is 12.1 Å². The Morgan fingerprint density at radius 1 is 1.16 bits per heavy atom. The molecule has 3 rings (SSSR count). The number of piperidine rings is 1. The fourth-order valence-corrected chi connectivity index (χ4v) is 5.46. The largest absolute Gasteiger partial charge is 0.457 e. The summed E-state index contributed by atoms with van der Waals surface area (Å²) in [5.74, 6) is -2.37. The summed E-state index contributed by atoms with van der Waals surface area (Å²) < 4.78 is 11.6. The molecule has 1 aliphatic carbocycles. The molecule has 3 aliphatic rings. The lowest BCUT2D eigenvalue weighted by Crippen LogP contribution is -2.54. The zero-order valence-electron chi connectivity index (χ0n) is 22.9.